The number of rotatable bonds is 3. The van der Waals surface area contributed by atoms with Gasteiger partial charge in [-0.1, -0.05) is 35.9 Å². The number of carboxylic acids is 1. The van der Waals surface area contributed by atoms with E-state index in [4.69, 9.17) is 16.7 Å². The first kappa shape index (κ1) is 13.0. The Kier molecular flexibility index (Phi) is 3.36. The molecule has 0 fully saturated rings. The largest absolute Gasteiger partial charge is 0.478 e. The van der Waals surface area contributed by atoms with E-state index in [1.165, 1.54) is 17.2 Å². The van der Waals surface area contributed by atoms with Crippen LogP contribution in [-0.2, 0) is 12.8 Å². The van der Waals surface area contributed by atoms with Gasteiger partial charge in [-0.15, -0.1) is 0 Å². The Morgan fingerprint density at radius 2 is 1.80 bits per heavy atom. The first-order valence-corrected chi connectivity index (χ1v) is 6.87. The second-order valence-corrected chi connectivity index (χ2v) is 5.43. The van der Waals surface area contributed by atoms with Gasteiger partial charge in [-0.05, 0) is 42.2 Å². The Hall–Kier alpha value is -2.00. The van der Waals surface area contributed by atoms with Crippen molar-refractivity contribution in [1.29, 1.82) is 0 Å². The summed E-state index contributed by atoms with van der Waals surface area (Å²) >= 11 is 6.14. The minimum Gasteiger partial charge on any atom is -0.478 e. The van der Waals surface area contributed by atoms with Crippen LogP contribution in [0.5, 0.6) is 0 Å². The van der Waals surface area contributed by atoms with Gasteiger partial charge in [0.2, 0.25) is 0 Å². The summed E-state index contributed by atoms with van der Waals surface area (Å²) < 4.78 is 0. The zero-order valence-electron chi connectivity index (χ0n) is 10.8. The van der Waals surface area contributed by atoms with Crippen molar-refractivity contribution in [2.45, 2.75) is 18.9 Å². The normalized spacial score (nSPS) is 14.1. The third-order valence-corrected chi connectivity index (χ3v) is 3.94. The highest BCUT2D eigenvalue weighted by Gasteiger charge is 2.21. The molecule has 0 amide bonds. The highest BCUT2D eigenvalue weighted by molar-refractivity contribution is 6.33. The highest BCUT2D eigenvalue weighted by atomic mass is 35.5. The lowest BCUT2D eigenvalue weighted by atomic mass is 10.1. The van der Waals surface area contributed by atoms with E-state index in [1.807, 2.05) is 0 Å². The molecule has 20 heavy (non-hydrogen) atoms. The van der Waals surface area contributed by atoms with Crippen LogP contribution in [0.3, 0.4) is 0 Å². The van der Waals surface area contributed by atoms with E-state index < -0.39 is 5.97 Å². The number of halogens is 1. The molecule has 2 aromatic rings. The van der Waals surface area contributed by atoms with Crippen LogP contribution in [0.4, 0.5) is 5.69 Å². The van der Waals surface area contributed by atoms with Gasteiger partial charge in [-0.3, -0.25) is 0 Å². The van der Waals surface area contributed by atoms with Crippen LogP contribution in [0.25, 0.3) is 0 Å². The molecule has 0 aliphatic heterocycles. The van der Waals surface area contributed by atoms with Gasteiger partial charge in [0.25, 0.3) is 0 Å². The van der Waals surface area contributed by atoms with E-state index >= 15 is 0 Å². The molecule has 0 saturated heterocycles. The van der Waals surface area contributed by atoms with E-state index in [0.717, 1.165) is 18.5 Å². The fourth-order valence-electron chi connectivity index (χ4n) is 2.65. The molecule has 102 valence electrons. The maximum absolute atomic E-state index is 10.9. The van der Waals surface area contributed by atoms with Gasteiger partial charge in [-0.25, -0.2) is 4.79 Å². The molecule has 0 aromatic heterocycles. The summed E-state index contributed by atoms with van der Waals surface area (Å²) in [6.45, 7) is 0. The van der Waals surface area contributed by atoms with E-state index in [1.54, 1.807) is 12.1 Å². The first-order chi connectivity index (χ1) is 9.63. The lowest BCUT2D eigenvalue weighted by Gasteiger charge is -2.15. The number of anilines is 1. The second-order valence-electron chi connectivity index (χ2n) is 5.02. The molecule has 0 bridgehead atoms. The summed E-state index contributed by atoms with van der Waals surface area (Å²) in [6.07, 6.45) is 1.93. The van der Waals surface area contributed by atoms with Crippen molar-refractivity contribution in [3.8, 4) is 0 Å². The number of carboxylic acid groups (broad SMARTS) is 1. The molecular formula is C16H14ClNO2. The van der Waals surface area contributed by atoms with Crippen LogP contribution < -0.4 is 5.32 Å². The van der Waals surface area contributed by atoms with Gasteiger partial charge in [0.15, 0.2) is 0 Å². The molecule has 4 heteroatoms. The van der Waals surface area contributed by atoms with Crippen LogP contribution in [0.15, 0.2) is 42.5 Å². The van der Waals surface area contributed by atoms with Crippen molar-refractivity contribution in [2.75, 3.05) is 5.32 Å². The van der Waals surface area contributed by atoms with Crippen molar-refractivity contribution in [1.82, 2.24) is 0 Å². The maximum atomic E-state index is 10.9. The predicted octanol–water partition coefficient (Wildman–Crippen LogP) is 3.62. The molecular weight excluding hydrogens is 274 g/mol. The van der Waals surface area contributed by atoms with Crippen molar-refractivity contribution in [3.63, 3.8) is 0 Å². The molecule has 0 atom stereocenters. The molecule has 3 nitrogen and oxygen atoms in total. The average molecular weight is 288 g/mol. The number of benzene rings is 2. The number of nitrogens with one attached hydrogen (secondary N) is 1. The van der Waals surface area contributed by atoms with Crippen LogP contribution in [0.1, 0.15) is 21.5 Å². The molecule has 2 N–H and O–H groups in total. The number of carbonyl (C=O) groups is 1. The van der Waals surface area contributed by atoms with Gasteiger partial charge in [0.1, 0.15) is 0 Å². The zero-order valence-corrected chi connectivity index (χ0v) is 11.5. The van der Waals surface area contributed by atoms with Gasteiger partial charge in [-0.2, -0.15) is 0 Å². The molecule has 0 unspecified atom stereocenters. The molecule has 0 spiro atoms. The van der Waals surface area contributed by atoms with Crippen LogP contribution in [-0.4, -0.2) is 17.1 Å². The highest BCUT2D eigenvalue weighted by Crippen LogP contribution is 2.28. The standard InChI is InChI=1S/C16H14ClNO2/c17-14-9-12(16(19)20)5-6-15(14)18-13-7-10-3-1-2-4-11(10)8-13/h1-6,9,13,18H,7-8H2,(H,19,20). The SMILES string of the molecule is O=C(O)c1ccc(NC2Cc3ccccc3C2)c(Cl)c1. The molecule has 1 aliphatic carbocycles. The zero-order chi connectivity index (χ0) is 14.1. The summed E-state index contributed by atoms with van der Waals surface area (Å²) in [4.78, 5) is 10.9. The second kappa shape index (κ2) is 5.17. The molecule has 1 aliphatic rings. The summed E-state index contributed by atoms with van der Waals surface area (Å²) in [5.41, 5.74) is 3.72. The Morgan fingerprint density at radius 3 is 2.35 bits per heavy atom. The topological polar surface area (TPSA) is 49.3 Å². The van der Waals surface area contributed by atoms with Gasteiger partial charge in [0.05, 0.1) is 16.3 Å². The predicted molar refractivity (Wildman–Crippen MR) is 79.7 cm³/mol. The van der Waals surface area contributed by atoms with E-state index in [-0.39, 0.29) is 5.56 Å². The Bertz CT molecular complexity index is 644. The third kappa shape index (κ3) is 2.49. The van der Waals surface area contributed by atoms with Gasteiger partial charge >= 0.3 is 5.97 Å². The first-order valence-electron chi connectivity index (χ1n) is 6.49. The van der Waals surface area contributed by atoms with Crippen LogP contribution in [0, 0.1) is 0 Å². The van der Waals surface area contributed by atoms with E-state index in [2.05, 4.69) is 29.6 Å². The minimum absolute atomic E-state index is 0.204. The maximum Gasteiger partial charge on any atom is 0.335 e. The van der Waals surface area contributed by atoms with Crippen molar-refractivity contribution in [3.05, 3.63) is 64.2 Å². The van der Waals surface area contributed by atoms with Gasteiger partial charge in [0, 0.05) is 6.04 Å². The number of aromatic carboxylic acids is 1. The van der Waals surface area contributed by atoms with E-state index in [0.29, 0.717) is 11.1 Å². The average Bonchev–Trinajstić information content (AvgIpc) is 2.83. The van der Waals surface area contributed by atoms with Gasteiger partial charge < -0.3 is 10.4 Å². The quantitative estimate of drug-likeness (QED) is 0.906. The summed E-state index contributed by atoms with van der Waals surface area (Å²) in [5, 5.41) is 12.8. The Balaban J connectivity index is 1.75. The summed E-state index contributed by atoms with van der Waals surface area (Å²) in [6, 6.07) is 13.5. The fraction of sp³-hybridized carbons (Fsp3) is 0.188. The molecule has 0 heterocycles. The summed E-state index contributed by atoms with van der Waals surface area (Å²) in [5.74, 6) is -0.966. The molecule has 2 aromatic carbocycles. The lowest BCUT2D eigenvalue weighted by molar-refractivity contribution is 0.0697. The monoisotopic (exact) mass is 287 g/mol. The number of hydrogen-bond donors (Lipinski definition) is 2. The molecule has 0 saturated carbocycles. The van der Waals surface area contributed by atoms with Crippen molar-refractivity contribution in [2.24, 2.45) is 0 Å². The van der Waals surface area contributed by atoms with Crippen LogP contribution in [0.2, 0.25) is 5.02 Å². The van der Waals surface area contributed by atoms with Crippen molar-refractivity contribution < 1.29 is 9.90 Å². The minimum atomic E-state index is -0.966. The smallest absolute Gasteiger partial charge is 0.335 e. The Labute approximate surface area is 122 Å². The van der Waals surface area contributed by atoms with E-state index in [9.17, 15) is 4.79 Å². The van der Waals surface area contributed by atoms with Crippen molar-refractivity contribution >= 4 is 23.3 Å². The molecule has 3 rings (SSSR count). The third-order valence-electron chi connectivity index (χ3n) is 3.63. The molecule has 0 radical (unpaired) electrons. The number of fused-ring (bicyclic) bond motifs is 1. The summed E-state index contributed by atoms with van der Waals surface area (Å²) in [7, 11) is 0. The fourth-order valence-corrected chi connectivity index (χ4v) is 2.88. The lowest BCUT2D eigenvalue weighted by Crippen LogP contribution is -2.19. The van der Waals surface area contributed by atoms with Crippen LogP contribution >= 0.6 is 11.6 Å². The Morgan fingerprint density at radius 1 is 1.15 bits per heavy atom. The number of hydrogen-bond acceptors (Lipinski definition) is 2.